The maximum atomic E-state index is 12.5. The van der Waals surface area contributed by atoms with Crippen molar-refractivity contribution in [2.45, 2.75) is 71.3 Å². The summed E-state index contributed by atoms with van der Waals surface area (Å²) in [4.78, 5) is 30.2. The maximum Gasteiger partial charge on any atom is 0.407 e. The lowest BCUT2D eigenvalue weighted by atomic mass is 9.86. The first kappa shape index (κ1) is 30.4. The number of piperidine rings is 1. The van der Waals surface area contributed by atoms with Crippen LogP contribution in [0.25, 0.3) is 16.9 Å². The van der Waals surface area contributed by atoms with Crippen LogP contribution in [0.1, 0.15) is 90.4 Å². The number of rotatable bonds is 9. The van der Waals surface area contributed by atoms with Gasteiger partial charge < -0.3 is 19.5 Å². The van der Waals surface area contributed by atoms with Crippen molar-refractivity contribution in [2.75, 3.05) is 19.7 Å². The lowest BCUT2D eigenvalue weighted by Gasteiger charge is -2.31. The predicted molar refractivity (Wildman–Crippen MR) is 171 cm³/mol. The number of fused-ring (bicyclic) bond motifs is 1. The minimum atomic E-state index is -0.832. The molecule has 9 nitrogen and oxygen atoms in total. The van der Waals surface area contributed by atoms with E-state index in [0.29, 0.717) is 37.6 Å². The van der Waals surface area contributed by atoms with Crippen LogP contribution in [0.2, 0.25) is 0 Å². The second-order valence-electron chi connectivity index (χ2n) is 11.7. The van der Waals surface area contributed by atoms with Gasteiger partial charge in [0.2, 0.25) is 0 Å². The van der Waals surface area contributed by atoms with E-state index in [2.05, 4.69) is 48.4 Å². The van der Waals surface area contributed by atoms with E-state index in [1.165, 1.54) is 21.6 Å². The average molecular weight is 609 g/mol. The molecule has 1 unspecified atom stereocenters. The Balaban J connectivity index is 1.26. The van der Waals surface area contributed by atoms with Crippen LogP contribution in [-0.4, -0.2) is 56.5 Å². The molecule has 45 heavy (non-hydrogen) atoms. The number of likely N-dealkylation sites (tertiary alicyclic amines) is 1. The number of amides is 1. The molecule has 1 amide bonds. The molecular formula is C36H40N4O5. The smallest absolute Gasteiger partial charge is 0.407 e. The van der Waals surface area contributed by atoms with E-state index in [1.54, 1.807) is 24.0 Å². The largest absolute Gasteiger partial charge is 0.486 e. The average Bonchev–Trinajstić information content (AvgIpc) is 3.69. The number of carboxylic acid groups (broad SMARTS) is 1. The number of benzene rings is 2. The Morgan fingerprint density at radius 2 is 1.82 bits per heavy atom. The van der Waals surface area contributed by atoms with E-state index < -0.39 is 6.09 Å². The third-order valence-corrected chi connectivity index (χ3v) is 9.14. The quantitative estimate of drug-likeness (QED) is 0.201. The number of pyridine rings is 1. The zero-order chi connectivity index (χ0) is 31.5. The second-order valence-corrected chi connectivity index (χ2v) is 11.7. The molecule has 0 radical (unpaired) electrons. The number of esters is 1. The summed E-state index contributed by atoms with van der Waals surface area (Å²) in [6.45, 7) is 7.42. The summed E-state index contributed by atoms with van der Waals surface area (Å²) in [6, 6.07) is 16.7. The first-order valence-corrected chi connectivity index (χ1v) is 16.0. The lowest BCUT2D eigenvalue weighted by Crippen LogP contribution is -2.36. The van der Waals surface area contributed by atoms with Gasteiger partial charge in [-0.25, -0.2) is 14.3 Å². The first-order chi connectivity index (χ1) is 21.9. The fraction of sp³-hybridized carbons (Fsp3) is 0.389. The van der Waals surface area contributed by atoms with Crippen molar-refractivity contribution in [2.24, 2.45) is 0 Å². The first-order valence-electron chi connectivity index (χ1n) is 16.0. The SMILES string of the molecule is CCOC(=O)c1cnn(-c2ccnc(-c3cccc4c3C(Oc3ccc(C5CCN(C(=O)O)CC5)c(CC)c3)CC4)c2)c1CC. The number of nitrogens with zero attached hydrogens (tertiary/aromatic N) is 4. The van der Waals surface area contributed by atoms with Crippen LogP contribution in [0.4, 0.5) is 4.79 Å². The standard InChI is InChI=1S/C36H40N4O5/c1-4-23-20-27(11-12-28(23)24-15-18-39(19-16-24)36(42)43)45-33-13-10-25-8-7-9-29(34(25)33)31-21-26(14-17-37-31)40-32(5-2)30(22-38-40)35(41)44-6-3/h7-9,11-12,14,17,20-22,24,33H,4-6,10,13,15-16,18-19H2,1-3H3,(H,42,43). The molecule has 0 bridgehead atoms. The van der Waals surface area contributed by atoms with Crippen molar-refractivity contribution < 1.29 is 24.2 Å². The Labute approximate surface area is 263 Å². The molecule has 2 aliphatic rings. The summed E-state index contributed by atoms with van der Waals surface area (Å²) in [5.74, 6) is 0.847. The van der Waals surface area contributed by atoms with Crippen molar-refractivity contribution in [3.63, 3.8) is 0 Å². The molecule has 1 aliphatic carbocycles. The normalized spacial score (nSPS) is 16.4. The number of ether oxygens (including phenoxy) is 2. The van der Waals surface area contributed by atoms with Gasteiger partial charge in [0, 0.05) is 30.4 Å². The number of hydrogen-bond acceptors (Lipinski definition) is 6. The Hall–Kier alpha value is -4.66. The summed E-state index contributed by atoms with van der Waals surface area (Å²) in [6.07, 6.45) is 7.43. The molecule has 234 valence electrons. The van der Waals surface area contributed by atoms with Crippen LogP contribution >= 0.6 is 0 Å². The predicted octanol–water partition coefficient (Wildman–Crippen LogP) is 7.16. The van der Waals surface area contributed by atoms with Crippen molar-refractivity contribution in [1.82, 2.24) is 19.7 Å². The van der Waals surface area contributed by atoms with Crippen LogP contribution in [-0.2, 0) is 24.0 Å². The van der Waals surface area contributed by atoms with Crippen LogP contribution in [0.3, 0.4) is 0 Å². The van der Waals surface area contributed by atoms with Crippen molar-refractivity contribution in [3.8, 4) is 22.7 Å². The molecule has 1 fully saturated rings. The van der Waals surface area contributed by atoms with Crippen LogP contribution in [0.15, 0.2) is 60.9 Å². The summed E-state index contributed by atoms with van der Waals surface area (Å²) >= 11 is 0. The third-order valence-electron chi connectivity index (χ3n) is 9.14. The molecule has 2 aromatic carbocycles. The molecule has 3 heterocycles. The van der Waals surface area contributed by atoms with Crippen molar-refractivity contribution >= 4 is 12.1 Å². The Bertz CT molecular complexity index is 1710. The molecule has 0 spiro atoms. The highest BCUT2D eigenvalue weighted by Crippen LogP contribution is 2.42. The van der Waals surface area contributed by atoms with Crippen molar-refractivity contribution in [3.05, 3.63) is 94.4 Å². The van der Waals surface area contributed by atoms with Crippen LogP contribution < -0.4 is 4.74 Å². The van der Waals surface area contributed by atoms with Gasteiger partial charge in [-0.15, -0.1) is 0 Å². The number of aryl methyl sites for hydroxylation is 2. The molecule has 0 saturated carbocycles. The van der Waals surface area contributed by atoms with Crippen molar-refractivity contribution in [1.29, 1.82) is 0 Å². The number of carbonyl (C=O) groups is 2. The summed E-state index contributed by atoms with van der Waals surface area (Å²) in [7, 11) is 0. The summed E-state index contributed by atoms with van der Waals surface area (Å²) in [5, 5.41) is 13.9. The van der Waals surface area contributed by atoms with Gasteiger partial charge in [0.15, 0.2) is 0 Å². The molecule has 1 atom stereocenters. The Kier molecular flexibility index (Phi) is 8.87. The molecule has 4 aromatic rings. The van der Waals surface area contributed by atoms with Gasteiger partial charge in [0.1, 0.15) is 17.4 Å². The van der Waals surface area contributed by atoms with Crippen LogP contribution in [0.5, 0.6) is 5.75 Å². The zero-order valence-electron chi connectivity index (χ0n) is 26.2. The van der Waals surface area contributed by atoms with Crippen LogP contribution in [0, 0.1) is 0 Å². The number of hydrogen-bond donors (Lipinski definition) is 1. The van der Waals surface area contributed by atoms with Gasteiger partial charge in [0.05, 0.1) is 29.9 Å². The van der Waals surface area contributed by atoms with E-state index in [1.807, 2.05) is 19.1 Å². The molecule has 9 heteroatoms. The van der Waals surface area contributed by atoms with E-state index in [0.717, 1.165) is 66.1 Å². The molecule has 2 aromatic heterocycles. The van der Waals surface area contributed by atoms with Gasteiger partial charge in [0.25, 0.3) is 0 Å². The second kappa shape index (κ2) is 13.1. The molecule has 1 N–H and O–H groups in total. The topological polar surface area (TPSA) is 107 Å². The minimum Gasteiger partial charge on any atom is -0.486 e. The molecular weight excluding hydrogens is 568 g/mol. The Morgan fingerprint density at radius 3 is 2.56 bits per heavy atom. The van der Waals surface area contributed by atoms with Gasteiger partial charge in [-0.3, -0.25) is 4.98 Å². The fourth-order valence-electron chi connectivity index (χ4n) is 6.90. The molecule has 6 rings (SSSR count). The number of aromatic nitrogens is 3. The fourth-order valence-corrected chi connectivity index (χ4v) is 6.90. The highest BCUT2D eigenvalue weighted by molar-refractivity contribution is 5.90. The Morgan fingerprint density at radius 1 is 1.00 bits per heavy atom. The van der Waals surface area contributed by atoms with E-state index in [9.17, 15) is 14.7 Å². The minimum absolute atomic E-state index is 0.109. The highest BCUT2D eigenvalue weighted by Gasteiger charge is 2.29. The lowest BCUT2D eigenvalue weighted by molar-refractivity contribution is 0.0525. The zero-order valence-corrected chi connectivity index (χ0v) is 26.2. The summed E-state index contributed by atoms with van der Waals surface area (Å²) in [5.41, 5.74) is 8.96. The van der Waals surface area contributed by atoms with E-state index in [-0.39, 0.29) is 12.1 Å². The van der Waals surface area contributed by atoms with Gasteiger partial charge in [-0.2, -0.15) is 5.10 Å². The monoisotopic (exact) mass is 608 g/mol. The van der Waals surface area contributed by atoms with E-state index >= 15 is 0 Å². The van der Waals surface area contributed by atoms with Gasteiger partial charge in [-0.05, 0) is 92.3 Å². The van der Waals surface area contributed by atoms with E-state index in [4.69, 9.17) is 14.5 Å². The summed E-state index contributed by atoms with van der Waals surface area (Å²) < 4.78 is 13.8. The number of carbonyl (C=O) groups excluding carboxylic acids is 1. The third kappa shape index (κ3) is 6.03. The van der Waals surface area contributed by atoms with Gasteiger partial charge >= 0.3 is 12.1 Å². The maximum absolute atomic E-state index is 12.5. The molecule has 1 aliphatic heterocycles. The molecule has 1 saturated heterocycles. The van der Waals surface area contributed by atoms with Gasteiger partial charge in [-0.1, -0.05) is 38.1 Å². The highest BCUT2D eigenvalue weighted by atomic mass is 16.5.